The lowest BCUT2D eigenvalue weighted by Gasteiger charge is -2.21. The highest BCUT2D eigenvalue weighted by Crippen LogP contribution is 2.22. The summed E-state index contributed by atoms with van der Waals surface area (Å²) in [5.41, 5.74) is 6.29. The minimum Gasteiger partial charge on any atom is -0.483 e. The molecule has 5 nitrogen and oxygen atoms in total. The van der Waals surface area contributed by atoms with Crippen molar-refractivity contribution < 1.29 is 14.3 Å². The lowest BCUT2D eigenvalue weighted by molar-refractivity contribution is -0.132. The van der Waals surface area contributed by atoms with Crippen LogP contribution in [0.2, 0.25) is 5.02 Å². The summed E-state index contributed by atoms with van der Waals surface area (Å²) in [6.45, 7) is 8.35. The molecule has 2 N–H and O–H groups in total. The van der Waals surface area contributed by atoms with E-state index < -0.39 is 5.91 Å². The molecule has 0 bridgehead atoms. The average Bonchev–Trinajstić information content (AvgIpc) is 2.42. The minimum atomic E-state index is -0.658. The minimum absolute atomic E-state index is 0.151. The van der Waals surface area contributed by atoms with Crippen LogP contribution in [0.25, 0.3) is 0 Å². The molecule has 114 valence electrons. The third-order valence-electron chi connectivity index (χ3n) is 2.75. The van der Waals surface area contributed by atoms with Gasteiger partial charge in [0.2, 0.25) is 0 Å². The Morgan fingerprint density at radius 1 is 1.43 bits per heavy atom. The summed E-state index contributed by atoms with van der Waals surface area (Å²) in [4.78, 5) is 25.0. The molecule has 1 rings (SSSR count). The van der Waals surface area contributed by atoms with Crippen LogP contribution in [0.4, 0.5) is 0 Å². The summed E-state index contributed by atoms with van der Waals surface area (Å²) in [7, 11) is 0. The van der Waals surface area contributed by atoms with Crippen LogP contribution >= 0.6 is 11.6 Å². The van der Waals surface area contributed by atoms with Gasteiger partial charge in [-0.15, -0.1) is 0 Å². The first kappa shape index (κ1) is 17.0. The number of carbonyl (C=O) groups excluding carboxylic acids is 2. The number of nitrogens with zero attached hydrogens (tertiary/aromatic N) is 1. The third kappa shape index (κ3) is 5.11. The van der Waals surface area contributed by atoms with Gasteiger partial charge >= 0.3 is 0 Å². The molecule has 0 radical (unpaired) electrons. The number of hydrogen-bond acceptors (Lipinski definition) is 3. The predicted molar refractivity (Wildman–Crippen MR) is 82.5 cm³/mol. The highest BCUT2D eigenvalue weighted by Gasteiger charge is 2.15. The first-order chi connectivity index (χ1) is 9.85. The molecule has 0 saturated heterocycles. The molecule has 0 aliphatic carbocycles. The molecule has 0 saturated carbocycles. The van der Waals surface area contributed by atoms with Crippen molar-refractivity contribution in [1.29, 1.82) is 0 Å². The first-order valence-electron chi connectivity index (χ1n) is 6.49. The quantitative estimate of drug-likeness (QED) is 0.785. The summed E-state index contributed by atoms with van der Waals surface area (Å²) in [6.07, 6.45) is 0. The van der Waals surface area contributed by atoms with E-state index in [1.165, 1.54) is 12.1 Å². The number of rotatable bonds is 7. The molecular weight excluding hydrogens is 292 g/mol. The molecule has 0 aliphatic heterocycles. The summed E-state index contributed by atoms with van der Waals surface area (Å²) >= 11 is 5.81. The van der Waals surface area contributed by atoms with E-state index in [4.69, 9.17) is 22.1 Å². The average molecular weight is 311 g/mol. The fourth-order valence-electron chi connectivity index (χ4n) is 1.75. The zero-order chi connectivity index (χ0) is 16.0. The van der Waals surface area contributed by atoms with E-state index in [2.05, 4.69) is 6.58 Å². The Morgan fingerprint density at radius 2 is 2.10 bits per heavy atom. The van der Waals surface area contributed by atoms with Gasteiger partial charge in [0, 0.05) is 18.1 Å². The number of hydrogen-bond donors (Lipinski definition) is 1. The van der Waals surface area contributed by atoms with Crippen molar-refractivity contribution in [3.05, 3.63) is 40.9 Å². The molecule has 1 aromatic rings. The van der Waals surface area contributed by atoms with Gasteiger partial charge in [-0.05, 0) is 32.0 Å². The van der Waals surface area contributed by atoms with Gasteiger partial charge in [0.05, 0.1) is 5.56 Å². The predicted octanol–water partition coefficient (Wildman–Crippen LogP) is 2.24. The Balaban J connectivity index is 2.77. The Bertz CT molecular complexity index is 558. The fraction of sp³-hybridized carbons (Fsp3) is 0.333. The smallest absolute Gasteiger partial charge is 0.260 e. The number of primary amides is 1. The van der Waals surface area contributed by atoms with E-state index in [9.17, 15) is 9.59 Å². The maximum absolute atomic E-state index is 12.0. The standard InChI is InChI=1S/C15H19ClN2O3/c1-4-18(8-10(2)3)14(19)9-21-13-6-5-11(16)7-12(13)15(17)20/h5-7H,2,4,8-9H2,1,3H3,(H2,17,20). The number of nitrogens with two attached hydrogens (primary N) is 1. The molecular formula is C15H19ClN2O3. The van der Waals surface area contributed by atoms with Crippen LogP contribution in [-0.4, -0.2) is 36.4 Å². The van der Waals surface area contributed by atoms with Gasteiger partial charge < -0.3 is 15.4 Å². The molecule has 21 heavy (non-hydrogen) atoms. The van der Waals surface area contributed by atoms with E-state index in [-0.39, 0.29) is 23.8 Å². The Kier molecular flexibility index (Phi) is 6.24. The van der Waals surface area contributed by atoms with Crippen LogP contribution in [0.1, 0.15) is 24.2 Å². The monoisotopic (exact) mass is 310 g/mol. The zero-order valence-corrected chi connectivity index (χ0v) is 12.9. The molecule has 0 aromatic heterocycles. The second-order valence-electron chi connectivity index (χ2n) is 4.66. The normalized spacial score (nSPS) is 10.0. The first-order valence-corrected chi connectivity index (χ1v) is 6.87. The number of likely N-dealkylation sites (N-methyl/N-ethyl adjacent to an activating group) is 1. The van der Waals surface area contributed by atoms with Gasteiger partial charge in [-0.3, -0.25) is 9.59 Å². The molecule has 0 fully saturated rings. The van der Waals surface area contributed by atoms with Crippen molar-refractivity contribution in [2.75, 3.05) is 19.7 Å². The summed E-state index contributed by atoms with van der Waals surface area (Å²) in [5, 5.41) is 0.375. The van der Waals surface area contributed by atoms with Gasteiger partial charge in [-0.1, -0.05) is 23.8 Å². The van der Waals surface area contributed by atoms with Gasteiger partial charge in [0.15, 0.2) is 6.61 Å². The molecule has 0 unspecified atom stereocenters. The summed E-state index contributed by atoms with van der Waals surface area (Å²) < 4.78 is 5.40. The Morgan fingerprint density at radius 3 is 2.62 bits per heavy atom. The summed E-state index contributed by atoms with van der Waals surface area (Å²) in [5.74, 6) is -0.605. The van der Waals surface area contributed by atoms with Crippen molar-refractivity contribution in [2.45, 2.75) is 13.8 Å². The number of ether oxygens (including phenoxy) is 1. The number of benzene rings is 1. The molecule has 0 spiro atoms. The number of carbonyl (C=O) groups is 2. The second kappa shape index (κ2) is 7.69. The topological polar surface area (TPSA) is 72.6 Å². The third-order valence-corrected chi connectivity index (χ3v) is 2.99. The van der Waals surface area contributed by atoms with E-state index in [1.54, 1.807) is 11.0 Å². The lowest BCUT2D eigenvalue weighted by Crippen LogP contribution is -2.36. The lowest BCUT2D eigenvalue weighted by atomic mass is 10.2. The van der Waals surface area contributed by atoms with Crippen molar-refractivity contribution in [1.82, 2.24) is 4.90 Å². The van der Waals surface area contributed by atoms with Gasteiger partial charge in [0.25, 0.3) is 11.8 Å². The molecule has 2 amide bonds. The molecule has 0 heterocycles. The van der Waals surface area contributed by atoms with Crippen molar-refractivity contribution in [2.24, 2.45) is 5.73 Å². The van der Waals surface area contributed by atoms with Crippen molar-refractivity contribution >= 4 is 23.4 Å². The zero-order valence-electron chi connectivity index (χ0n) is 12.2. The molecule has 6 heteroatoms. The van der Waals surface area contributed by atoms with Crippen LogP contribution in [-0.2, 0) is 4.79 Å². The Hall–Kier alpha value is -2.01. The van der Waals surface area contributed by atoms with Gasteiger partial charge in [-0.25, -0.2) is 0 Å². The highest BCUT2D eigenvalue weighted by molar-refractivity contribution is 6.31. The maximum atomic E-state index is 12.0. The summed E-state index contributed by atoms with van der Waals surface area (Å²) in [6, 6.07) is 4.50. The SMILES string of the molecule is C=C(C)CN(CC)C(=O)COc1ccc(Cl)cc1C(N)=O. The molecule has 1 aromatic carbocycles. The van der Waals surface area contributed by atoms with E-state index in [1.807, 2.05) is 13.8 Å². The molecule has 0 aliphatic rings. The maximum Gasteiger partial charge on any atom is 0.260 e. The fourth-order valence-corrected chi connectivity index (χ4v) is 1.93. The highest BCUT2D eigenvalue weighted by atomic mass is 35.5. The van der Waals surface area contributed by atoms with Crippen molar-refractivity contribution in [3.63, 3.8) is 0 Å². The van der Waals surface area contributed by atoms with Crippen LogP contribution in [0, 0.1) is 0 Å². The van der Waals surface area contributed by atoms with Gasteiger partial charge in [0.1, 0.15) is 5.75 Å². The van der Waals surface area contributed by atoms with E-state index in [0.717, 1.165) is 5.57 Å². The largest absolute Gasteiger partial charge is 0.483 e. The second-order valence-corrected chi connectivity index (χ2v) is 5.09. The number of halogens is 1. The van der Waals surface area contributed by atoms with E-state index >= 15 is 0 Å². The van der Waals surface area contributed by atoms with Crippen LogP contribution < -0.4 is 10.5 Å². The van der Waals surface area contributed by atoms with Gasteiger partial charge in [-0.2, -0.15) is 0 Å². The van der Waals surface area contributed by atoms with Crippen LogP contribution in [0.5, 0.6) is 5.75 Å². The van der Waals surface area contributed by atoms with Crippen LogP contribution in [0.15, 0.2) is 30.4 Å². The van der Waals surface area contributed by atoms with Crippen molar-refractivity contribution in [3.8, 4) is 5.75 Å². The van der Waals surface area contributed by atoms with Crippen LogP contribution in [0.3, 0.4) is 0 Å². The van der Waals surface area contributed by atoms with E-state index in [0.29, 0.717) is 18.1 Å². The Labute approximate surface area is 129 Å². The molecule has 0 atom stereocenters. The number of amides is 2.